The third-order valence-electron chi connectivity index (χ3n) is 4.25. The van der Waals surface area contributed by atoms with Crippen LogP contribution in [0.1, 0.15) is 0 Å². The van der Waals surface area contributed by atoms with Gasteiger partial charge in [-0.25, -0.2) is 0 Å². The number of hydrogen-bond donors (Lipinski definition) is 4. The van der Waals surface area contributed by atoms with Crippen LogP contribution in [0.3, 0.4) is 0 Å². The molecule has 6 nitrogen and oxygen atoms in total. The molecule has 138 valence electrons. The first-order chi connectivity index (χ1) is 13.5. The molecule has 0 aliphatic rings. The predicted octanol–water partition coefficient (Wildman–Crippen LogP) is 4.30. The molecule has 0 radical (unpaired) electrons. The molecule has 2 aromatic heterocycles. The summed E-state index contributed by atoms with van der Waals surface area (Å²) in [7, 11) is 0. The van der Waals surface area contributed by atoms with Gasteiger partial charge in [0.15, 0.2) is 0 Å². The fourth-order valence-electron chi connectivity index (χ4n) is 3.02. The lowest BCUT2D eigenvalue weighted by molar-refractivity contribution is 0.450. The Morgan fingerprint density at radius 1 is 0.429 bits per heavy atom. The van der Waals surface area contributed by atoms with Crippen LogP contribution < -0.4 is 0 Å². The van der Waals surface area contributed by atoms with Gasteiger partial charge in [-0.1, -0.05) is 0 Å². The van der Waals surface area contributed by atoms with Crippen LogP contribution >= 0.6 is 0 Å². The highest BCUT2D eigenvalue weighted by Gasteiger charge is 2.09. The van der Waals surface area contributed by atoms with Crippen molar-refractivity contribution in [2.45, 2.75) is 0 Å². The van der Waals surface area contributed by atoms with Crippen molar-refractivity contribution in [2.75, 3.05) is 0 Å². The zero-order chi connectivity index (χ0) is 19.7. The normalized spacial score (nSPS) is 10.7. The number of aromatic hydroxyl groups is 4. The average Bonchev–Trinajstić information content (AvgIpc) is 2.67. The lowest BCUT2D eigenvalue weighted by Gasteiger charge is -2.08. The maximum atomic E-state index is 9.72. The van der Waals surface area contributed by atoms with E-state index in [-0.39, 0.29) is 23.0 Å². The van der Waals surface area contributed by atoms with Crippen LogP contribution in [0.2, 0.25) is 0 Å². The minimum absolute atomic E-state index is 0.0304. The second-order valence-electron chi connectivity index (χ2n) is 6.34. The summed E-state index contributed by atoms with van der Waals surface area (Å²) in [4.78, 5) is 8.73. The van der Waals surface area contributed by atoms with E-state index in [4.69, 9.17) is 0 Å². The lowest BCUT2D eigenvalue weighted by Crippen LogP contribution is -1.90. The molecule has 0 fully saturated rings. The minimum atomic E-state index is -0.0304. The fourth-order valence-corrected chi connectivity index (χ4v) is 3.02. The first kappa shape index (κ1) is 17.4. The molecule has 0 saturated carbocycles. The molecular formula is C22H16N2O4. The molecule has 0 aliphatic carbocycles. The van der Waals surface area contributed by atoms with Gasteiger partial charge in [0.1, 0.15) is 23.0 Å². The highest BCUT2D eigenvalue weighted by atomic mass is 16.3. The number of hydrogen-bond acceptors (Lipinski definition) is 6. The molecule has 0 bridgehead atoms. The molecule has 4 N–H and O–H groups in total. The average molecular weight is 372 g/mol. The van der Waals surface area contributed by atoms with Crippen molar-refractivity contribution in [1.82, 2.24) is 9.97 Å². The molecule has 2 aromatic carbocycles. The van der Waals surface area contributed by atoms with Gasteiger partial charge in [-0.3, -0.25) is 9.97 Å². The van der Waals surface area contributed by atoms with Crippen LogP contribution in [0.25, 0.3) is 33.6 Å². The van der Waals surface area contributed by atoms with Crippen molar-refractivity contribution in [3.63, 3.8) is 0 Å². The summed E-state index contributed by atoms with van der Waals surface area (Å²) in [6.45, 7) is 0. The van der Waals surface area contributed by atoms with Crippen molar-refractivity contribution < 1.29 is 20.4 Å². The highest BCUT2D eigenvalue weighted by molar-refractivity contribution is 5.74. The first-order valence-electron chi connectivity index (χ1n) is 8.47. The summed E-state index contributed by atoms with van der Waals surface area (Å²) in [5.74, 6) is -0.122. The van der Waals surface area contributed by atoms with Crippen LogP contribution in [-0.4, -0.2) is 30.4 Å². The van der Waals surface area contributed by atoms with E-state index >= 15 is 0 Å². The topological polar surface area (TPSA) is 107 Å². The van der Waals surface area contributed by atoms with Gasteiger partial charge in [-0.05, 0) is 70.8 Å². The van der Waals surface area contributed by atoms with E-state index in [0.29, 0.717) is 22.5 Å². The van der Waals surface area contributed by atoms with Gasteiger partial charge in [0.2, 0.25) is 0 Å². The number of pyridine rings is 2. The quantitative estimate of drug-likeness (QED) is 0.427. The molecule has 6 heteroatoms. The molecule has 0 aliphatic heterocycles. The van der Waals surface area contributed by atoms with E-state index < -0.39 is 0 Å². The van der Waals surface area contributed by atoms with Crippen LogP contribution in [0, 0.1) is 0 Å². The van der Waals surface area contributed by atoms with Crippen LogP contribution in [0.15, 0.2) is 73.1 Å². The molecule has 4 aromatic rings. The molecule has 0 amide bonds. The summed E-state index contributed by atoms with van der Waals surface area (Å²) < 4.78 is 0. The zero-order valence-corrected chi connectivity index (χ0v) is 14.6. The summed E-state index contributed by atoms with van der Waals surface area (Å²) in [6.07, 6.45) is 3.25. The fraction of sp³-hybridized carbons (Fsp3) is 0. The zero-order valence-electron chi connectivity index (χ0n) is 14.6. The third-order valence-corrected chi connectivity index (χ3v) is 4.25. The Morgan fingerprint density at radius 3 is 1.14 bits per heavy atom. The van der Waals surface area contributed by atoms with Gasteiger partial charge in [-0.2, -0.15) is 0 Å². The molecule has 0 saturated heterocycles. The minimum Gasteiger partial charge on any atom is -0.508 e. The summed E-state index contributed by atoms with van der Waals surface area (Å²) in [5.41, 5.74) is 4.03. The second kappa shape index (κ2) is 6.92. The number of benzene rings is 2. The molecular weight excluding hydrogens is 356 g/mol. The number of rotatable bonds is 3. The van der Waals surface area contributed by atoms with Crippen LogP contribution in [0.4, 0.5) is 0 Å². The Balaban J connectivity index is 1.76. The number of nitrogens with zero attached hydrogens (tertiary/aromatic N) is 2. The first-order valence-corrected chi connectivity index (χ1v) is 8.47. The van der Waals surface area contributed by atoms with E-state index in [1.807, 2.05) is 0 Å². The Bertz CT molecular complexity index is 1040. The van der Waals surface area contributed by atoms with Crippen molar-refractivity contribution in [1.29, 1.82) is 0 Å². The molecule has 4 rings (SSSR count). The van der Waals surface area contributed by atoms with E-state index in [1.165, 1.54) is 12.1 Å². The summed E-state index contributed by atoms with van der Waals surface area (Å²) >= 11 is 0. The lowest BCUT2D eigenvalue weighted by atomic mass is 10.0. The summed E-state index contributed by atoms with van der Waals surface area (Å²) in [6, 6.07) is 15.9. The maximum Gasteiger partial charge on any atom is 0.119 e. The van der Waals surface area contributed by atoms with E-state index in [9.17, 15) is 20.4 Å². The molecule has 0 spiro atoms. The van der Waals surface area contributed by atoms with E-state index in [0.717, 1.165) is 11.1 Å². The number of phenols is 4. The number of aromatic nitrogens is 2. The SMILES string of the molecule is Oc1cc(O)cc(-c2ccnc(-c3cc(-c4cc(O)cc(O)c4)ccn3)c2)c1. The van der Waals surface area contributed by atoms with Crippen molar-refractivity contribution in [3.05, 3.63) is 73.1 Å². The van der Waals surface area contributed by atoms with Crippen molar-refractivity contribution >= 4 is 0 Å². The molecule has 2 heterocycles. The van der Waals surface area contributed by atoms with Gasteiger partial charge in [0.25, 0.3) is 0 Å². The Hall–Kier alpha value is -4.06. The van der Waals surface area contributed by atoms with E-state index in [1.54, 1.807) is 60.9 Å². The van der Waals surface area contributed by atoms with Gasteiger partial charge >= 0.3 is 0 Å². The monoisotopic (exact) mass is 372 g/mol. The Morgan fingerprint density at radius 2 is 0.786 bits per heavy atom. The second-order valence-corrected chi connectivity index (χ2v) is 6.34. The van der Waals surface area contributed by atoms with Gasteiger partial charge in [0.05, 0.1) is 11.4 Å². The van der Waals surface area contributed by atoms with Gasteiger partial charge in [0, 0.05) is 24.5 Å². The highest BCUT2D eigenvalue weighted by Crippen LogP contribution is 2.32. The van der Waals surface area contributed by atoms with Crippen LogP contribution in [0.5, 0.6) is 23.0 Å². The smallest absolute Gasteiger partial charge is 0.119 e. The summed E-state index contributed by atoms with van der Waals surface area (Å²) in [5, 5.41) is 38.9. The Labute approximate surface area is 160 Å². The number of phenolic OH excluding ortho intramolecular Hbond substituents is 4. The van der Waals surface area contributed by atoms with Crippen molar-refractivity contribution in [2.24, 2.45) is 0 Å². The van der Waals surface area contributed by atoms with Crippen molar-refractivity contribution in [3.8, 4) is 56.6 Å². The largest absolute Gasteiger partial charge is 0.508 e. The maximum absolute atomic E-state index is 9.72. The molecule has 0 unspecified atom stereocenters. The van der Waals surface area contributed by atoms with Gasteiger partial charge in [-0.15, -0.1) is 0 Å². The van der Waals surface area contributed by atoms with Gasteiger partial charge < -0.3 is 20.4 Å². The Kier molecular flexibility index (Phi) is 4.29. The predicted molar refractivity (Wildman–Crippen MR) is 105 cm³/mol. The van der Waals surface area contributed by atoms with Crippen LogP contribution in [-0.2, 0) is 0 Å². The standard InChI is InChI=1S/C22H16N2O4/c25-17-5-15(6-18(26)11-17)13-1-3-23-21(9-13)22-10-14(2-4-24-22)16-7-19(27)12-20(28)8-16/h1-12,25-28H. The molecule has 0 atom stereocenters. The molecule has 28 heavy (non-hydrogen) atoms. The van der Waals surface area contributed by atoms with E-state index in [2.05, 4.69) is 9.97 Å². The third kappa shape index (κ3) is 3.57.